The van der Waals surface area contributed by atoms with Crippen molar-refractivity contribution in [1.82, 2.24) is 4.90 Å². The molecule has 0 saturated carbocycles. The van der Waals surface area contributed by atoms with Gasteiger partial charge in [0.25, 0.3) is 0 Å². The Hall–Kier alpha value is -1.56. The molecular weight excluding hydrogens is 438 g/mol. The second-order valence-corrected chi connectivity index (χ2v) is 9.14. The maximum atomic E-state index is 6.12. The van der Waals surface area contributed by atoms with E-state index in [0.29, 0.717) is 5.92 Å². The van der Waals surface area contributed by atoms with Gasteiger partial charge in [-0.15, -0.1) is 0 Å². The number of anilines is 2. The summed E-state index contributed by atoms with van der Waals surface area (Å²) in [6.07, 6.45) is 3.57. The average Bonchev–Trinajstić information content (AvgIpc) is 3.19. The second-order valence-electron chi connectivity index (χ2n) is 8.58. The van der Waals surface area contributed by atoms with Gasteiger partial charge in [0.1, 0.15) is 5.66 Å². The minimum Gasteiger partial charge on any atom is -0.374 e. The van der Waals surface area contributed by atoms with Gasteiger partial charge in [-0.05, 0) is 69.5 Å². The predicted molar refractivity (Wildman–Crippen MR) is 129 cm³/mol. The zero-order valence-corrected chi connectivity index (χ0v) is 19.7. The van der Waals surface area contributed by atoms with E-state index in [2.05, 4.69) is 93.8 Å². The van der Waals surface area contributed by atoms with Crippen LogP contribution in [0.3, 0.4) is 0 Å². The molecule has 2 aliphatic rings. The van der Waals surface area contributed by atoms with Gasteiger partial charge in [0.05, 0.1) is 17.5 Å². The Morgan fingerprint density at radius 2 is 1.63 bits per heavy atom. The number of rotatable bonds is 8. The molecule has 4 rings (SSSR count). The lowest BCUT2D eigenvalue weighted by Gasteiger charge is -2.46. The van der Waals surface area contributed by atoms with Gasteiger partial charge in [0.15, 0.2) is 0 Å². The minimum atomic E-state index is -0.225. The van der Waals surface area contributed by atoms with Gasteiger partial charge >= 0.3 is 0 Å². The quantitative estimate of drug-likeness (QED) is 0.498. The number of likely N-dealkylation sites (tertiary alicyclic amines) is 1. The second kappa shape index (κ2) is 9.71. The highest BCUT2D eigenvalue weighted by atomic mass is 79.9. The summed E-state index contributed by atoms with van der Waals surface area (Å²) < 4.78 is 6.12. The van der Waals surface area contributed by atoms with Gasteiger partial charge in [-0.2, -0.15) is 0 Å². The Kier molecular flexibility index (Phi) is 7.01. The number of hydrogen-bond acceptors (Lipinski definition) is 4. The van der Waals surface area contributed by atoms with Crippen molar-refractivity contribution in [2.75, 3.05) is 36.9 Å². The Morgan fingerprint density at radius 3 is 2.20 bits per heavy atom. The Balaban J connectivity index is 1.37. The number of ether oxygens (including phenoxy) is 1. The van der Waals surface area contributed by atoms with Gasteiger partial charge in [-0.25, -0.2) is 0 Å². The molecule has 0 bridgehead atoms. The van der Waals surface area contributed by atoms with E-state index >= 15 is 0 Å². The van der Waals surface area contributed by atoms with Crippen molar-refractivity contribution in [2.45, 2.75) is 50.2 Å². The van der Waals surface area contributed by atoms with E-state index in [1.807, 2.05) is 0 Å². The third-order valence-electron chi connectivity index (χ3n) is 6.79. The average molecular weight is 472 g/mol. The number of nitrogens with zero attached hydrogens (tertiary/aromatic N) is 1. The van der Waals surface area contributed by atoms with Crippen molar-refractivity contribution >= 4 is 27.3 Å². The topological polar surface area (TPSA) is 36.5 Å². The summed E-state index contributed by atoms with van der Waals surface area (Å²) in [6, 6.07) is 17.5. The zero-order chi connectivity index (χ0) is 21.0. The molecular formula is C25H34BrN3O. The van der Waals surface area contributed by atoms with Crippen LogP contribution >= 0.6 is 15.9 Å². The predicted octanol–water partition coefficient (Wildman–Crippen LogP) is 5.49. The molecule has 2 aliphatic heterocycles. The van der Waals surface area contributed by atoms with Crippen molar-refractivity contribution in [3.63, 3.8) is 0 Å². The summed E-state index contributed by atoms with van der Waals surface area (Å²) >= 11 is 3.52. The molecule has 2 aromatic rings. The van der Waals surface area contributed by atoms with Crippen molar-refractivity contribution in [3.05, 3.63) is 59.7 Å². The van der Waals surface area contributed by atoms with Crippen LogP contribution in [0.1, 0.15) is 37.8 Å². The molecule has 5 heteroatoms. The number of nitrogens with one attached hydrogen (secondary N) is 2. The van der Waals surface area contributed by atoms with E-state index in [1.54, 1.807) is 0 Å². The van der Waals surface area contributed by atoms with Gasteiger partial charge < -0.3 is 20.3 Å². The lowest BCUT2D eigenvalue weighted by atomic mass is 9.81. The highest BCUT2D eigenvalue weighted by molar-refractivity contribution is 9.08. The zero-order valence-electron chi connectivity index (χ0n) is 18.2. The molecule has 162 valence electrons. The van der Waals surface area contributed by atoms with Gasteiger partial charge in [-0.1, -0.05) is 52.3 Å². The van der Waals surface area contributed by atoms with Crippen LogP contribution < -0.4 is 10.6 Å². The molecule has 0 amide bonds. The number of piperidine rings is 1. The first kappa shape index (κ1) is 21.7. The Labute approximate surface area is 189 Å². The molecule has 2 N–H and O–H groups in total. The Morgan fingerprint density at radius 1 is 1.03 bits per heavy atom. The van der Waals surface area contributed by atoms with Crippen LogP contribution in [-0.2, 0) is 16.5 Å². The van der Waals surface area contributed by atoms with Gasteiger partial charge in [-0.3, -0.25) is 0 Å². The normalized spacial score (nSPS) is 19.7. The number of para-hydroxylation sites is 2. The molecule has 1 fully saturated rings. The lowest BCUT2D eigenvalue weighted by molar-refractivity contribution is 0.00261. The van der Waals surface area contributed by atoms with Crippen molar-refractivity contribution in [3.8, 4) is 0 Å². The molecule has 30 heavy (non-hydrogen) atoms. The smallest absolute Gasteiger partial charge is 0.137 e. The molecule has 1 unspecified atom stereocenters. The fourth-order valence-corrected chi connectivity index (χ4v) is 5.37. The van der Waals surface area contributed by atoms with E-state index in [4.69, 9.17) is 4.74 Å². The minimum absolute atomic E-state index is 0.0967. The fraction of sp³-hybridized carbons (Fsp3) is 0.520. The first-order valence-corrected chi connectivity index (χ1v) is 12.4. The van der Waals surface area contributed by atoms with E-state index in [1.165, 1.54) is 35.3 Å². The van der Waals surface area contributed by atoms with Crippen LogP contribution in [0.15, 0.2) is 48.5 Å². The van der Waals surface area contributed by atoms with Crippen LogP contribution in [0.4, 0.5) is 11.4 Å². The maximum absolute atomic E-state index is 6.12. The third kappa shape index (κ3) is 4.53. The number of alkyl halides is 1. The molecule has 1 atom stereocenters. The number of fused-ring (bicyclic) bond motifs is 1. The van der Waals surface area contributed by atoms with E-state index in [9.17, 15) is 0 Å². The van der Waals surface area contributed by atoms with Crippen LogP contribution in [0, 0.1) is 5.92 Å². The summed E-state index contributed by atoms with van der Waals surface area (Å²) in [5.41, 5.74) is 4.93. The van der Waals surface area contributed by atoms with Crippen LogP contribution in [0.2, 0.25) is 0 Å². The van der Waals surface area contributed by atoms with Crippen LogP contribution in [-0.4, -0.2) is 42.9 Å². The third-order valence-corrected chi connectivity index (χ3v) is 7.44. The molecule has 0 spiro atoms. The van der Waals surface area contributed by atoms with E-state index in [0.717, 1.165) is 38.0 Å². The summed E-state index contributed by atoms with van der Waals surface area (Å²) in [5, 5.41) is 8.58. The standard InChI is InChI=1S/C25H34BrN3O/c1-3-30-19(2)25(27-23-6-4-5-7-24(23)28-25)22-13-16-29(17-14-22)15-12-20-8-10-21(18-26)11-9-20/h4-11,19,22,27-28H,3,12-18H2,1-2H3. The van der Waals surface area contributed by atoms with Gasteiger partial charge in [0, 0.05) is 24.4 Å². The fourth-order valence-electron chi connectivity index (χ4n) is 4.99. The monoisotopic (exact) mass is 471 g/mol. The molecule has 0 aliphatic carbocycles. The Bertz CT molecular complexity index is 792. The van der Waals surface area contributed by atoms with Crippen molar-refractivity contribution < 1.29 is 4.74 Å². The first-order valence-electron chi connectivity index (χ1n) is 11.3. The summed E-state index contributed by atoms with van der Waals surface area (Å²) in [4.78, 5) is 2.62. The van der Waals surface area contributed by atoms with E-state index in [-0.39, 0.29) is 11.8 Å². The number of hydrogen-bond donors (Lipinski definition) is 2. The lowest BCUT2D eigenvalue weighted by Crippen LogP contribution is -2.60. The van der Waals surface area contributed by atoms with Crippen molar-refractivity contribution in [1.29, 1.82) is 0 Å². The molecule has 2 aromatic carbocycles. The summed E-state index contributed by atoms with van der Waals surface area (Å²) in [6.45, 7) is 8.44. The number of halogens is 1. The first-order chi connectivity index (χ1) is 14.6. The SMILES string of the molecule is CCOC(C)C1(C2CCN(CCc3ccc(CBr)cc3)CC2)Nc2ccccc2N1. The van der Waals surface area contributed by atoms with E-state index < -0.39 is 0 Å². The van der Waals surface area contributed by atoms with Crippen LogP contribution in [0.5, 0.6) is 0 Å². The molecule has 0 aromatic heterocycles. The molecule has 0 radical (unpaired) electrons. The van der Waals surface area contributed by atoms with Gasteiger partial charge in [0.2, 0.25) is 0 Å². The molecule has 2 heterocycles. The molecule has 1 saturated heterocycles. The van der Waals surface area contributed by atoms with Crippen molar-refractivity contribution in [2.24, 2.45) is 5.92 Å². The highest BCUT2D eigenvalue weighted by Gasteiger charge is 2.48. The number of benzene rings is 2. The highest BCUT2D eigenvalue weighted by Crippen LogP contribution is 2.43. The summed E-state index contributed by atoms with van der Waals surface area (Å²) in [5.74, 6) is 0.529. The van der Waals surface area contributed by atoms with Crippen LogP contribution in [0.25, 0.3) is 0 Å². The largest absolute Gasteiger partial charge is 0.374 e. The summed E-state index contributed by atoms with van der Waals surface area (Å²) in [7, 11) is 0. The molecule has 4 nitrogen and oxygen atoms in total. The maximum Gasteiger partial charge on any atom is 0.137 e.